The Morgan fingerprint density at radius 3 is 2.45 bits per heavy atom. The number of benzene rings is 1. The molecule has 8 nitrogen and oxygen atoms in total. The van der Waals surface area contributed by atoms with Crippen molar-refractivity contribution in [2.75, 3.05) is 26.2 Å². The van der Waals surface area contributed by atoms with Crippen molar-refractivity contribution in [2.24, 2.45) is 0 Å². The first kappa shape index (κ1) is 22.0. The summed E-state index contributed by atoms with van der Waals surface area (Å²) in [4.78, 5) is 11.0. The van der Waals surface area contributed by atoms with Crippen LogP contribution in [0.25, 0.3) is 0 Å². The second-order valence-corrected chi connectivity index (χ2v) is 9.80. The number of unbranched alkanes of at least 4 members (excludes halogenated alkanes) is 1. The smallest absolute Gasteiger partial charge is 0.281 e. The number of nitrogens with one attached hydrogen (secondary N) is 1. The lowest BCUT2D eigenvalue weighted by Gasteiger charge is -2.43. The summed E-state index contributed by atoms with van der Waals surface area (Å²) in [7, 11) is -4.10. The molecule has 0 saturated carbocycles. The number of rotatable bonds is 8. The van der Waals surface area contributed by atoms with E-state index in [1.807, 2.05) is 5.01 Å². The molecule has 29 heavy (non-hydrogen) atoms. The van der Waals surface area contributed by atoms with Gasteiger partial charge in [0, 0.05) is 19.6 Å². The van der Waals surface area contributed by atoms with Crippen molar-refractivity contribution >= 4 is 15.7 Å². The van der Waals surface area contributed by atoms with Crippen LogP contribution < -0.4 is 10.2 Å². The Bertz CT molecular complexity index is 793. The van der Waals surface area contributed by atoms with Crippen molar-refractivity contribution in [3.63, 3.8) is 0 Å². The number of ether oxygens (including phenoxy) is 1. The maximum absolute atomic E-state index is 13.7. The third-order valence-electron chi connectivity index (χ3n) is 5.78. The molecule has 0 aromatic heterocycles. The number of hydroxylamine groups is 1. The topological polar surface area (TPSA) is 99.2 Å². The minimum Gasteiger partial charge on any atom is -0.494 e. The summed E-state index contributed by atoms with van der Waals surface area (Å²) in [5.74, 6) is -0.304. The quantitative estimate of drug-likeness (QED) is 0.375. The van der Waals surface area contributed by atoms with E-state index in [1.165, 1.54) is 12.1 Å². The fourth-order valence-corrected chi connectivity index (χ4v) is 6.30. The second kappa shape index (κ2) is 9.42. The zero-order valence-corrected chi connectivity index (χ0v) is 17.8. The molecule has 2 aliphatic rings. The maximum atomic E-state index is 13.7. The van der Waals surface area contributed by atoms with Crippen LogP contribution >= 0.6 is 0 Å². The maximum Gasteiger partial charge on any atom is 0.281 e. The van der Waals surface area contributed by atoms with E-state index in [2.05, 4.69) is 6.92 Å². The number of nitrogens with zero attached hydrogens (tertiary/aromatic N) is 2. The molecule has 0 bridgehead atoms. The highest BCUT2D eigenvalue weighted by atomic mass is 32.2. The summed E-state index contributed by atoms with van der Waals surface area (Å²) in [5.41, 5.74) is 1.63. The molecule has 1 amide bonds. The standard InChI is InChI=1S/C20H31N3O5S/c1-2-3-16-28-17-8-10-18(11-9-17)29(26,27)20(19(24)21-25)12-7-15-23(20)22-13-5-4-6-14-22/h8-11,25H,2-7,12-16H2,1H3,(H,21,24). The molecule has 162 valence electrons. The van der Waals surface area contributed by atoms with E-state index in [1.54, 1.807) is 22.6 Å². The van der Waals surface area contributed by atoms with Gasteiger partial charge in [-0.25, -0.2) is 23.9 Å². The average molecular weight is 426 g/mol. The first-order valence-electron chi connectivity index (χ1n) is 10.4. The zero-order chi connectivity index (χ0) is 20.9. The summed E-state index contributed by atoms with van der Waals surface area (Å²) < 4.78 is 33.0. The van der Waals surface area contributed by atoms with Crippen LogP contribution in [0.5, 0.6) is 5.75 Å². The van der Waals surface area contributed by atoms with Gasteiger partial charge < -0.3 is 4.74 Å². The van der Waals surface area contributed by atoms with Crippen LogP contribution in [0.3, 0.4) is 0 Å². The third-order valence-corrected chi connectivity index (χ3v) is 8.16. The van der Waals surface area contributed by atoms with E-state index >= 15 is 0 Å². The van der Waals surface area contributed by atoms with Crippen molar-refractivity contribution in [1.82, 2.24) is 15.5 Å². The number of piperidine rings is 1. The third kappa shape index (κ3) is 4.14. The number of hydrogen-bond donors (Lipinski definition) is 2. The Labute approximate surface area is 172 Å². The lowest BCUT2D eigenvalue weighted by atomic mass is 10.1. The first-order chi connectivity index (χ1) is 14.0. The van der Waals surface area contributed by atoms with Crippen LogP contribution in [0.2, 0.25) is 0 Å². The van der Waals surface area contributed by atoms with Crippen LogP contribution in [-0.4, -0.2) is 60.7 Å². The molecule has 1 aromatic rings. The van der Waals surface area contributed by atoms with Crippen LogP contribution in [0.4, 0.5) is 0 Å². The molecular formula is C20H31N3O5S. The van der Waals surface area contributed by atoms with Gasteiger partial charge in [0.2, 0.25) is 14.7 Å². The molecule has 2 N–H and O–H groups in total. The van der Waals surface area contributed by atoms with Gasteiger partial charge in [0.25, 0.3) is 5.91 Å². The van der Waals surface area contributed by atoms with Crippen molar-refractivity contribution in [2.45, 2.75) is 61.6 Å². The van der Waals surface area contributed by atoms with Gasteiger partial charge in [-0.1, -0.05) is 19.8 Å². The van der Waals surface area contributed by atoms with Crippen molar-refractivity contribution in [1.29, 1.82) is 0 Å². The Hall–Kier alpha value is -1.68. The van der Waals surface area contributed by atoms with Gasteiger partial charge in [-0.2, -0.15) is 0 Å². The predicted molar refractivity (Wildman–Crippen MR) is 108 cm³/mol. The lowest BCUT2D eigenvalue weighted by molar-refractivity contribution is -0.147. The highest BCUT2D eigenvalue weighted by Gasteiger charge is 2.60. The molecule has 2 heterocycles. The molecule has 2 aliphatic heterocycles. The fraction of sp³-hybridized carbons (Fsp3) is 0.650. The molecule has 2 saturated heterocycles. The largest absolute Gasteiger partial charge is 0.494 e. The van der Waals surface area contributed by atoms with Gasteiger partial charge in [-0.05, 0) is 56.4 Å². The van der Waals surface area contributed by atoms with Gasteiger partial charge in [-0.15, -0.1) is 0 Å². The number of amides is 1. The summed E-state index contributed by atoms with van der Waals surface area (Å²) in [6.07, 6.45) is 5.63. The minimum absolute atomic E-state index is 0.0489. The molecular weight excluding hydrogens is 394 g/mol. The highest BCUT2D eigenvalue weighted by Crippen LogP contribution is 2.40. The molecule has 2 fully saturated rings. The number of carbonyl (C=O) groups is 1. The number of hydrogen-bond acceptors (Lipinski definition) is 7. The first-order valence-corrected chi connectivity index (χ1v) is 11.9. The van der Waals surface area contributed by atoms with Crippen LogP contribution in [0.1, 0.15) is 51.9 Å². The van der Waals surface area contributed by atoms with E-state index in [0.29, 0.717) is 38.4 Å². The summed E-state index contributed by atoms with van der Waals surface area (Å²) in [6, 6.07) is 6.20. The normalized spacial score (nSPS) is 23.8. The Morgan fingerprint density at radius 2 is 1.83 bits per heavy atom. The Kier molecular flexibility index (Phi) is 7.15. The van der Waals surface area contributed by atoms with Gasteiger partial charge in [0.1, 0.15) is 5.75 Å². The van der Waals surface area contributed by atoms with E-state index in [0.717, 1.165) is 32.1 Å². The van der Waals surface area contributed by atoms with Crippen molar-refractivity contribution < 1.29 is 23.2 Å². The van der Waals surface area contributed by atoms with Gasteiger partial charge in [0.05, 0.1) is 11.5 Å². The zero-order valence-electron chi connectivity index (χ0n) is 17.0. The van der Waals surface area contributed by atoms with E-state index in [4.69, 9.17) is 4.74 Å². The molecule has 0 radical (unpaired) electrons. The molecule has 9 heteroatoms. The van der Waals surface area contributed by atoms with Crippen molar-refractivity contribution in [3.05, 3.63) is 24.3 Å². The average Bonchev–Trinajstić information content (AvgIpc) is 3.21. The Morgan fingerprint density at radius 1 is 1.14 bits per heavy atom. The molecule has 1 aromatic carbocycles. The van der Waals surface area contributed by atoms with Gasteiger partial charge in [0.15, 0.2) is 0 Å². The van der Waals surface area contributed by atoms with E-state index < -0.39 is 20.6 Å². The van der Waals surface area contributed by atoms with Gasteiger partial charge >= 0.3 is 0 Å². The van der Waals surface area contributed by atoms with Crippen LogP contribution in [0.15, 0.2) is 29.2 Å². The lowest BCUT2D eigenvalue weighted by Crippen LogP contribution is -2.65. The number of sulfone groups is 1. The van der Waals surface area contributed by atoms with Crippen LogP contribution in [-0.2, 0) is 14.6 Å². The highest BCUT2D eigenvalue weighted by molar-refractivity contribution is 7.93. The molecule has 3 rings (SSSR count). The van der Waals surface area contributed by atoms with E-state index in [-0.39, 0.29) is 11.3 Å². The van der Waals surface area contributed by atoms with Gasteiger partial charge in [-0.3, -0.25) is 10.0 Å². The molecule has 0 spiro atoms. The molecule has 0 aliphatic carbocycles. The number of carbonyl (C=O) groups excluding carboxylic acids is 1. The molecule has 1 atom stereocenters. The SMILES string of the molecule is CCCCOc1ccc(S(=O)(=O)C2(C(=O)NO)CCCN2N2CCCCC2)cc1. The second-order valence-electron chi connectivity index (χ2n) is 7.64. The Balaban J connectivity index is 1.94. The summed E-state index contributed by atoms with van der Waals surface area (Å²) in [6.45, 7) is 4.52. The van der Waals surface area contributed by atoms with Crippen molar-refractivity contribution in [3.8, 4) is 5.75 Å². The summed E-state index contributed by atoms with van der Waals surface area (Å²) in [5, 5.41) is 13.1. The summed E-state index contributed by atoms with van der Waals surface area (Å²) >= 11 is 0. The van der Waals surface area contributed by atoms with Crippen LogP contribution in [0, 0.1) is 0 Å². The fourth-order valence-electron chi connectivity index (χ4n) is 4.22. The predicted octanol–water partition coefficient (Wildman–Crippen LogP) is 2.34. The molecule has 1 unspecified atom stereocenters. The minimum atomic E-state index is -4.10. The monoisotopic (exact) mass is 425 g/mol. The number of hydrazine groups is 1. The van der Waals surface area contributed by atoms with E-state index in [9.17, 15) is 18.4 Å².